The minimum absolute atomic E-state index is 0.159. The Morgan fingerprint density at radius 1 is 1.10 bits per heavy atom. The number of benzene rings is 2. The second-order valence-electron chi connectivity index (χ2n) is 4.50. The first-order valence-electron chi connectivity index (χ1n) is 6.02. The van der Waals surface area contributed by atoms with Crippen molar-refractivity contribution in [3.63, 3.8) is 0 Å². The summed E-state index contributed by atoms with van der Waals surface area (Å²) in [5, 5.41) is 0. The molecule has 0 amide bonds. The highest BCUT2D eigenvalue weighted by Gasteiger charge is 2.10. The van der Waals surface area contributed by atoms with E-state index in [9.17, 15) is 8.78 Å². The first kappa shape index (κ1) is 14.4. The molecule has 0 unspecified atom stereocenters. The van der Waals surface area contributed by atoms with Crippen LogP contribution in [0.3, 0.4) is 0 Å². The van der Waals surface area contributed by atoms with Crippen LogP contribution in [0.5, 0.6) is 0 Å². The van der Waals surface area contributed by atoms with Crippen LogP contribution in [0.15, 0.2) is 42.5 Å². The molecular weight excluding hydrogens is 278 g/mol. The largest absolute Gasteiger partial charge is 0.389 e. The van der Waals surface area contributed by atoms with Crippen molar-refractivity contribution >= 4 is 22.9 Å². The second kappa shape index (κ2) is 5.96. The average molecular weight is 292 g/mol. The van der Waals surface area contributed by atoms with Crippen molar-refractivity contribution in [1.29, 1.82) is 0 Å². The van der Waals surface area contributed by atoms with Crippen LogP contribution in [0.4, 0.5) is 14.5 Å². The number of nitrogens with zero attached hydrogens (tertiary/aromatic N) is 1. The van der Waals surface area contributed by atoms with E-state index in [1.54, 1.807) is 18.2 Å². The van der Waals surface area contributed by atoms with Crippen molar-refractivity contribution < 1.29 is 8.78 Å². The molecule has 2 N–H and O–H groups in total. The number of nitrogens with two attached hydrogens (primary N) is 1. The van der Waals surface area contributed by atoms with Gasteiger partial charge in [-0.25, -0.2) is 8.78 Å². The Morgan fingerprint density at radius 2 is 1.70 bits per heavy atom. The summed E-state index contributed by atoms with van der Waals surface area (Å²) in [4.78, 5) is 2.07. The maximum absolute atomic E-state index is 13.2. The first-order chi connectivity index (χ1) is 9.47. The maximum Gasteiger partial charge on any atom is 0.123 e. The normalized spacial score (nSPS) is 10.3. The van der Waals surface area contributed by atoms with Gasteiger partial charge in [0.2, 0.25) is 0 Å². The SMILES string of the molecule is CN(Cc1ccc(F)cc1C(N)=S)c1ccc(F)cc1. The molecule has 0 bridgehead atoms. The molecule has 0 atom stereocenters. The molecule has 0 aliphatic carbocycles. The van der Waals surface area contributed by atoms with Crippen LogP contribution in [-0.2, 0) is 6.54 Å². The quantitative estimate of drug-likeness (QED) is 0.877. The minimum atomic E-state index is -0.374. The lowest BCUT2D eigenvalue weighted by molar-refractivity contribution is 0.626. The van der Waals surface area contributed by atoms with Crippen LogP contribution >= 0.6 is 12.2 Å². The predicted octanol–water partition coefficient (Wildman–Crippen LogP) is 3.24. The van der Waals surface area contributed by atoms with E-state index >= 15 is 0 Å². The van der Waals surface area contributed by atoms with Gasteiger partial charge in [-0.05, 0) is 42.0 Å². The van der Waals surface area contributed by atoms with Crippen molar-refractivity contribution in [3.05, 3.63) is 65.2 Å². The Kier molecular flexibility index (Phi) is 4.29. The summed E-state index contributed by atoms with van der Waals surface area (Å²) in [6, 6.07) is 10.5. The topological polar surface area (TPSA) is 29.3 Å². The first-order valence-corrected chi connectivity index (χ1v) is 6.43. The molecular formula is C15H14F2N2S. The second-order valence-corrected chi connectivity index (χ2v) is 4.94. The molecule has 5 heteroatoms. The van der Waals surface area contributed by atoms with Crippen molar-refractivity contribution in [2.45, 2.75) is 6.54 Å². The number of halogens is 2. The molecule has 2 nitrogen and oxygen atoms in total. The zero-order valence-electron chi connectivity index (χ0n) is 10.9. The number of hydrogen-bond donors (Lipinski definition) is 1. The van der Waals surface area contributed by atoms with Gasteiger partial charge in [0.15, 0.2) is 0 Å². The molecule has 2 aromatic rings. The highest BCUT2D eigenvalue weighted by molar-refractivity contribution is 7.80. The van der Waals surface area contributed by atoms with E-state index < -0.39 is 0 Å². The van der Waals surface area contributed by atoms with E-state index in [0.29, 0.717) is 12.1 Å². The van der Waals surface area contributed by atoms with Crippen molar-refractivity contribution in [3.8, 4) is 0 Å². The Hall–Kier alpha value is -2.01. The van der Waals surface area contributed by atoms with Gasteiger partial charge in [0, 0.05) is 24.8 Å². The number of thiocarbonyl (C=S) groups is 1. The third-order valence-electron chi connectivity index (χ3n) is 3.01. The summed E-state index contributed by atoms with van der Waals surface area (Å²) in [6.07, 6.45) is 0. The average Bonchev–Trinajstić information content (AvgIpc) is 2.41. The molecule has 0 saturated carbocycles. The van der Waals surface area contributed by atoms with Gasteiger partial charge in [0.25, 0.3) is 0 Å². The minimum Gasteiger partial charge on any atom is -0.389 e. The van der Waals surface area contributed by atoms with Crippen molar-refractivity contribution in [2.24, 2.45) is 5.73 Å². The van der Waals surface area contributed by atoms with Gasteiger partial charge in [-0.1, -0.05) is 18.3 Å². The van der Waals surface area contributed by atoms with E-state index in [-0.39, 0.29) is 16.6 Å². The van der Waals surface area contributed by atoms with E-state index in [1.165, 1.54) is 24.3 Å². The smallest absolute Gasteiger partial charge is 0.123 e. The fourth-order valence-corrected chi connectivity index (χ4v) is 2.15. The Labute approximate surface area is 121 Å². The van der Waals surface area contributed by atoms with Crippen LogP contribution in [0, 0.1) is 11.6 Å². The fraction of sp³-hybridized carbons (Fsp3) is 0.133. The van der Waals surface area contributed by atoms with Crippen LogP contribution in [0.2, 0.25) is 0 Å². The van der Waals surface area contributed by atoms with Gasteiger partial charge in [-0.3, -0.25) is 0 Å². The molecule has 0 saturated heterocycles. The standard InChI is InChI=1S/C15H14F2N2S/c1-19(13-6-4-11(16)5-7-13)9-10-2-3-12(17)8-14(10)15(18)20/h2-8H,9H2,1H3,(H2,18,20). The number of hydrogen-bond acceptors (Lipinski definition) is 2. The summed E-state index contributed by atoms with van der Waals surface area (Å²) in [6.45, 7) is 0.499. The summed E-state index contributed by atoms with van der Waals surface area (Å²) in [5.74, 6) is -0.659. The van der Waals surface area contributed by atoms with Crippen LogP contribution in [0.25, 0.3) is 0 Å². The van der Waals surface area contributed by atoms with Crippen LogP contribution in [0.1, 0.15) is 11.1 Å². The molecule has 2 aromatic carbocycles. The molecule has 0 fully saturated rings. The Balaban J connectivity index is 2.25. The van der Waals surface area contributed by atoms with Crippen molar-refractivity contribution in [2.75, 3.05) is 11.9 Å². The van der Waals surface area contributed by atoms with E-state index in [2.05, 4.69) is 0 Å². The van der Waals surface area contributed by atoms with Gasteiger partial charge < -0.3 is 10.6 Å². The molecule has 0 aliphatic heterocycles. The zero-order valence-corrected chi connectivity index (χ0v) is 11.8. The highest BCUT2D eigenvalue weighted by Crippen LogP contribution is 2.19. The Bertz CT molecular complexity index is 626. The molecule has 0 heterocycles. The number of anilines is 1. The molecule has 0 spiro atoms. The third kappa shape index (κ3) is 3.30. The molecule has 2 rings (SSSR count). The zero-order chi connectivity index (χ0) is 14.7. The summed E-state index contributed by atoms with van der Waals surface area (Å²) in [7, 11) is 1.86. The lowest BCUT2D eigenvalue weighted by atomic mass is 10.1. The van der Waals surface area contributed by atoms with E-state index in [0.717, 1.165) is 11.3 Å². The predicted molar refractivity (Wildman–Crippen MR) is 80.8 cm³/mol. The van der Waals surface area contributed by atoms with E-state index in [4.69, 9.17) is 18.0 Å². The van der Waals surface area contributed by atoms with Gasteiger partial charge in [-0.15, -0.1) is 0 Å². The highest BCUT2D eigenvalue weighted by atomic mass is 32.1. The molecule has 0 aromatic heterocycles. The molecule has 0 aliphatic rings. The third-order valence-corrected chi connectivity index (χ3v) is 3.23. The molecule has 20 heavy (non-hydrogen) atoms. The fourth-order valence-electron chi connectivity index (χ4n) is 1.96. The molecule has 0 radical (unpaired) electrons. The monoisotopic (exact) mass is 292 g/mol. The van der Waals surface area contributed by atoms with Gasteiger partial charge in [0.05, 0.1) is 0 Å². The lowest BCUT2D eigenvalue weighted by Crippen LogP contribution is -2.20. The van der Waals surface area contributed by atoms with Gasteiger partial charge in [0.1, 0.15) is 16.6 Å². The van der Waals surface area contributed by atoms with Crippen LogP contribution in [-0.4, -0.2) is 12.0 Å². The van der Waals surface area contributed by atoms with Crippen LogP contribution < -0.4 is 10.6 Å². The maximum atomic E-state index is 13.2. The van der Waals surface area contributed by atoms with E-state index in [1.807, 2.05) is 11.9 Å². The molecule has 104 valence electrons. The van der Waals surface area contributed by atoms with Crippen molar-refractivity contribution in [1.82, 2.24) is 0 Å². The lowest BCUT2D eigenvalue weighted by Gasteiger charge is -2.21. The Morgan fingerprint density at radius 3 is 2.30 bits per heavy atom. The summed E-state index contributed by atoms with van der Waals surface area (Å²) in [5.41, 5.74) is 7.81. The van der Waals surface area contributed by atoms with Gasteiger partial charge >= 0.3 is 0 Å². The number of rotatable bonds is 4. The van der Waals surface area contributed by atoms with Gasteiger partial charge in [-0.2, -0.15) is 0 Å². The summed E-state index contributed by atoms with van der Waals surface area (Å²) >= 11 is 4.94. The summed E-state index contributed by atoms with van der Waals surface area (Å²) < 4.78 is 26.1.